The van der Waals surface area contributed by atoms with Gasteiger partial charge in [0.2, 0.25) is 0 Å². The summed E-state index contributed by atoms with van der Waals surface area (Å²) in [4.78, 5) is 4.61. The molecule has 3 rings (SSSR count). The monoisotopic (exact) mass is 485 g/mol. The first-order chi connectivity index (χ1) is 12.8. The molecule has 6 nitrogen and oxygen atoms in total. The van der Waals surface area contributed by atoms with Crippen LogP contribution in [-0.4, -0.2) is 30.8 Å². The Labute approximate surface area is 177 Å². The van der Waals surface area contributed by atoms with Crippen molar-refractivity contribution >= 4 is 29.9 Å². The number of hydrogen-bond donors (Lipinski definition) is 3. The summed E-state index contributed by atoms with van der Waals surface area (Å²) >= 11 is 0. The van der Waals surface area contributed by atoms with Crippen LogP contribution >= 0.6 is 24.0 Å². The zero-order valence-corrected chi connectivity index (χ0v) is 17.9. The minimum absolute atomic E-state index is 0. The van der Waals surface area contributed by atoms with Gasteiger partial charge in [-0.15, -0.1) is 24.0 Å². The number of ether oxygens (including phenoxy) is 1. The largest absolute Gasteiger partial charge is 0.493 e. The summed E-state index contributed by atoms with van der Waals surface area (Å²) in [6, 6.07) is 11.5. The van der Waals surface area contributed by atoms with Gasteiger partial charge in [-0.25, -0.2) is 4.99 Å². The predicted octanol–water partition coefficient (Wildman–Crippen LogP) is 3.48. The van der Waals surface area contributed by atoms with E-state index in [9.17, 15) is 5.11 Å². The van der Waals surface area contributed by atoms with Crippen LogP contribution in [0.5, 0.6) is 5.75 Å². The first-order valence-corrected chi connectivity index (χ1v) is 9.20. The minimum atomic E-state index is -0.719. The first-order valence-electron chi connectivity index (χ1n) is 9.20. The van der Waals surface area contributed by atoms with Gasteiger partial charge < -0.3 is 24.9 Å². The number of nitrogens with one attached hydrogen (secondary N) is 2. The molecule has 148 valence electrons. The van der Waals surface area contributed by atoms with Crippen LogP contribution in [-0.2, 0) is 6.54 Å². The number of hydrogen-bond acceptors (Lipinski definition) is 4. The molecule has 3 N–H and O–H groups in total. The molecule has 1 aromatic carbocycles. The molecular formula is C20H28IN3O3. The highest BCUT2D eigenvalue weighted by Crippen LogP contribution is 2.30. The molecule has 1 unspecified atom stereocenters. The quantitative estimate of drug-likeness (QED) is 0.288. The van der Waals surface area contributed by atoms with Crippen molar-refractivity contribution in [2.75, 3.05) is 19.7 Å². The molecule has 1 aliphatic carbocycles. The van der Waals surface area contributed by atoms with Crippen molar-refractivity contribution in [2.24, 2.45) is 10.9 Å². The van der Waals surface area contributed by atoms with Crippen LogP contribution in [0.15, 0.2) is 52.1 Å². The van der Waals surface area contributed by atoms with Crippen LogP contribution in [0.3, 0.4) is 0 Å². The molecule has 0 aliphatic heterocycles. The lowest BCUT2D eigenvalue weighted by Crippen LogP contribution is -2.39. The molecule has 0 amide bonds. The van der Waals surface area contributed by atoms with Crippen LogP contribution < -0.4 is 15.4 Å². The summed E-state index contributed by atoms with van der Waals surface area (Å²) in [6.07, 6.45) is 3.37. The number of aliphatic hydroxyl groups is 1. The van der Waals surface area contributed by atoms with Gasteiger partial charge in [-0.3, -0.25) is 0 Å². The van der Waals surface area contributed by atoms with Gasteiger partial charge in [0.15, 0.2) is 5.96 Å². The lowest BCUT2D eigenvalue weighted by molar-refractivity contribution is 0.153. The average Bonchev–Trinajstić information content (AvgIpc) is 3.33. The Morgan fingerprint density at radius 1 is 1.26 bits per heavy atom. The zero-order valence-electron chi connectivity index (χ0n) is 15.6. The van der Waals surface area contributed by atoms with Gasteiger partial charge in [0.1, 0.15) is 17.6 Å². The summed E-state index contributed by atoms with van der Waals surface area (Å²) in [5.41, 5.74) is 1.05. The Balaban J connectivity index is 0.00000261. The molecule has 1 aromatic heterocycles. The maximum absolute atomic E-state index is 10.1. The number of nitrogens with zero attached hydrogens (tertiary/aromatic N) is 1. The minimum Gasteiger partial charge on any atom is -0.493 e. The van der Waals surface area contributed by atoms with E-state index in [2.05, 4.69) is 15.6 Å². The van der Waals surface area contributed by atoms with E-state index in [1.54, 1.807) is 18.4 Å². The SMILES string of the molecule is CCNC(=NCc1ccccc1OCC1CC1)NCC(O)c1ccco1.I. The molecule has 1 heterocycles. The topological polar surface area (TPSA) is 79.0 Å². The lowest BCUT2D eigenvalue weighted by atomic mass is 10.2. The highest BCUT2D eigenvalue weighted by molar-refractivity contribution is 14.0. The van der Waals surface area contributed by atoms with E-state index in [0.29, 0.717) is 30.7 Å². The third kappa shape index (κ3) is 7.06. The predicted molar refractivity (Wildman–Crippen MR) is 117 cm³/mol. The van der Waals surface area contributed by atoms with Gasteiger partial charge in [-0.05, 0) is 43.9 Å². The summed E-state index contributed by atoms with van der Waals surface area (Å²) < 4.78 is 11.2. The fraction of sp³-hybridized carbons (Fsp3) is 0.450. The lowest BCUT2D eigenvalue weighted by Gasteiger charge is -2.14. The molecule has 1 atom stereocenters. The van der Waals surface area contributed by atoms with E-state index in [4.69, 9.17) is 9.15 Å². The van der Waals surface area contributed by atoms with Crippen molar-refractivity contribution in [3.05, 3.63) is 54.0 Å². The second-order valence-corrected chi connectivity index (χ2v) is 6.47. The van der Waals surface area contributed by atoms with Crippen molar-refractivity contribution in [3.8, 4) is 5.75 Å². The number of aliphatic hydroxyl groups excluding tert-OH is 1. The van der Waals surface area contributed by atoms with E-state index >= 15 is 0 Å². The Kier molecular flexibility index (Phi) is 8.93. The normalized spacial score (nSPS) is 15.0. The fourth-order valence-corrected chi connectivity index (χ4v) is 2.55. The van der Waals surface area contributed by atoms with Crippen LogP contribution in [0.1, 0.15) is 37.2 Å². The van der Waals surface area contributed by atoms with Crippen LogP contribution in [0.2, 0.25) is 0 Å². The van der Waals surface area contributed by atoms with Gasteiger partial charge in [0.25, 0.3) is 0 Å². The number of benzene rings is 1. The van der Waals surface area contributed by atoms with E-state index in [1.807, 2.05) is 31.2 Å². The number of para-hydroxylation sites is 1. The van der Waals surface area contributed by atoms with Gasteiger partial charge in [-0.2, -0.15) is 0 Å². The second-order valence-electron chi connectivity index (χ2n) is 6.47. The van der Waals surface area contributed by atoms with E-state index in [-0.39, 0.29) is 24.0 Å². The number of guanidine groups is 1. The molecule has 1 fully saturated rings. The maximum atomic E-state index is 10.1. The molecule has 0 spiro atoms. The molecule has 2 aromatic rings. The van der Waals surface area contributed by atoms with Gasteiger partial charge in [0, 0.05) is 12.1 Å². The summed E-state index contributed by atoms with van der Waals surface area (Å²) in [5.74, 6) is 2.80. The first kappa shape index (κ1) is 21.6. The third-order valence-electron chi connectivity index (χ3n) is 4.23. The van der Waals surface area contributed by atoms with E-state index in [1.165, 1.54) is 12.8 Å². The Bertz CT molecular complexity index is 702. The van der Waals surface area contributed by atoms with Crippen LogP contribution in [0.4, 0.5) is 0 Å². The smallest absolute Gasteiger partial charge is 0.191 e. The molecule has 0 bridgehead atoms. The van der Waals surface area contributed by atoms with Crippen molar-refractivity contribution in [1.82, 2.24) is 10.6 Å². The number of halogens is 1. The molecule has 0 radical (unpaired) electrons. The molecular weight excluding hydrogens is 457 g/mol. The number of rotatable bonds is 9. The van der Waals surface area contributed by atoms with Gasteiger partial charge >= 0.3 is 0 Å². The van der Waals surface area contributed by atoms with Crippen molar-refractivity contribution < 1.29 is 14.3 Å². The number of furan rings is 1. The molecule has 0 saturated heterocycles. The van der Waals surface area contributed by atoms with Crippen molar-refractivity contribution in [1.29, 1.82) is 0 Å². The van der Waals surface area contributed by atoms with E-state index < -0.39 is 6.10 Å². The summed E-state index contributed by atoms with van der Waals surface area (Å²) in [5, 5.41) is 16.5. The highest BCUT2D eigenvalue weighted by Gasteiger charge is 2.22. The molecule has 27 heavy (non-hydrogen) atoms. The van der Waals surface area contributed by atoms with Crippen LogP contribution in [0, 0.1) is 5.92 Å². The van der Waals surface area contributed by atoms with Gasteiger partial charge in [0.05, 0.1) is 26.0 Å². The Morgan fingerprint density at radius 3 is 2.78 bits per heavy atom. The van der Waals surface area contributed by atoms with Crippen LogP contribution in [0.25, 0.3) is 0 Å². The molecule has 1 aliphatic rings. The zero-order chi connectivity index (χ0) is 18.2. The summed E-state index contributed by atoms with van der Waals surface area (Å²) in [7, 11) is 0. The standard InChI is InChI=1S/C20H27N3O3.HI/c1-2-21-20(23-13-17(24)19-8-5-11-25-19)22-12-16-6-3-4-7-18(16)26-14-15-9-10-15;/h3-8,11,15,17,24H,2,9-10,12-14H2,1H3,(H2,21,22,23);1H. The third-order valence-corrected chi connectivity index (χ3v) is 4.23. The maximum Gasteiger partial charge on any atom is 0.191 e. The average molecular weight is 485 g/mol. The number of aliphatic imine (C=N–C) groups is 1. The van der Waals surface area contributed by atoms with Crippen molar-refractivity contribution in [3.63, 3.8) is 0 Å². The van der Waals surface area contributed by atoms with Gasteiger partial charge in [-0.1, -0.05) is 18.2 Å². The molecule has 7 heteroatoms. The molecule has 1 saturated carbocycles. The van der Waals surface area contributed by atoms with Crippen molar-refractivity contribution in [2.45, 2.75) is 32.4 Å². The second kappa shape index (κ2) is 11.2. The fourth-order valence-electron chi connectivity index (χ4n) is 2.55. The Hall–Kier alpha value is -1.74. The summed E-state index contributed by atoms with van der Waals surface area (Å²) in [6.45, 7) is 4.36. The highest BCUT2D eigenvalue weighted by atomic mass is 127. The Morgan fingerprint density at radius 2 is 2.07 bits per heavy atom. The van der Waals surface area contributed by atoms with E-state index in [0.717, 1.165) is 24.5 Å².